The van der Waals surface area contributed by atoms with Crippen molar-refractivity contribution in [2.45, 2.75) is 13.8 Å². The second-order valence-corrected chi connectivity index (χ2v) is 4.91. The lowest BCUT2D eigenvalue weighted by molar-refractivity contribution is 0.992. The van der Waals surface area contributed by atoms with Gasteiger partial charge in [0.05, 0.1) is 10.2 Å². The Morgan fingerprint density at radius 2 is 1.93 bits per heavy atom. The molecule has 0 saturated carbocycles. The molecule has 0 aliphatic rings. The topological polar surface area (TPSA) is 30.9 Å². The standard InChI is InChI=1S/C12H12N2S/c1-7-8(2)14(13)11-9-5-3-4-6-10(9)15-12(7)11/h3-6H,13H2,1-2H3. The van der Waals surface area contributed by atoms with Gasteiger partial charge in [0.1, 0.15) is 0 Å². The summed E-state index contributed by atoms with van der Waals surface area (Å²) < 4.78 is 4.43. The van der Waals surface area contributed by atoms with Crippen molar-refractivity contribution in [2.75, 3.05) is 5.84 Å². The second kappa shape index (κ2) is 2.76. The molecule has 2 nitrogen and oxygen atoms in total. The van der Waals surface area contributed by atoms with E-state index in [9.17, 15) is 0 Å². The number of nitrogens with zero attached hydrogens (tertiary/aromatic N) is 1. The Morgan fingerprint density at radius 3 is 2.73 bits per heavy atom. The van der Waals surface area contributed by atoms with Gasteiger partial charge in [-0.2, -0.15) is 0 Å². The summed E-state index contributed by atoms with van der Waals surface area (Å²) >= 11 is 1.82. The predicted octanol–water partition coefficient (Wildman–Crippen LogP) is 3.19. The van der Waals surface area contributed by atoms with Crippen LogP contribution in [0.1, 0.15) is 11.3 Å². The molecule has 3 rings (SSSR count). The molecule has 0 amide bonds. The first-order valence-corrected chi connectivity index (χ1v) is 5.76. The molecule has 2 aromatic heterocycles. The highest BCUT2D eigenvalue weighted by Crippen LogP contribution is 2.37. The summed E-state index contributed by atoms with van der Waals surface area (Å²) in [5.74, 6) is 6.07. The van der Waals surface area contributed by atoms with E-state index in [4.69, 9.17) is 5.84 Å². The molecule has 76 valence electrons. The van der Waals surface area contributed by atoms with Gasteiger partial charge in [-0.3, -0.25) is 4.68 Å². The van der Waals surface area contributed by atoms with Crippen molar-refractivity contribution < 1.29 is 0 Å². The van der Waals surface area contributed by atoms with Gasteiger partial charge in [-0.25, -0.2) is 0 Å². The van der Waals surface area contributed by atoms with Crippen LogP contribution in [0.25, 0.3) is 20.3 Å². The zero-order valence-corrected chi connectivity index (χ0v) is 9.56. The van der Waals surface area contributed by atoms with Crippen molar-refractivity contribution in [2.24, 2.45) is 0 Å². The van der Waals surface area contributed by atoms with Gasteiger partial charge in [0.15, 0.2) is 0 Å². The number of aromatic nitrogens is 1. The zero-order valence-electron chi connectivity index (χ0n) is 8.74. The number of nitrogen functional groups attached to an aromatic ring is 1. The average molecular weight is 216 g/mol. The van der Waals surface area contributed by atoms with Gasteiger partial charge in [-0.1, -0.05) is 18.2 Å². The minimum absolute atomic E-state index is 1.15. The Hall–Kier alpha value is -1.48. The van der Waals surface area contributed by atoms with Crippen LogP contribution >= 0.6 is 11.3 Å². The average Bonchev–Trinajstić information content (AvgIpc) is 2.72. The number of hydrogen-bond donors (Lipinski definition) is 1. The fourth-order valence-corrected chi connectivity index (χ4v) is 3.28. The lowest BCUT2D eigenvalue weighted by atomic mass is 10.2. The zero-order chi connectivity index (χ0) is 10.6. The summed E-state index contributed by atoms with van der Waals surface area (Å²) in [5.41, 5.74) is 3.63. The van der Waals surface area contributed by atoms with Crippen LogP contribution in [0.5, 0.6) is 0 Å². The molecule has 3 aromatic rings. The molecule has 2 heterocycles. The Morgan fingerprint density at radius 1 is 1.20 bits per heavy atom. The van der Waals surface area contributed by atoms with E-state index in [1.807, 2.05) is 16.0 Å². The lowest BCUT2D eigenvalue weighted by Crippen LogP contribution is -2.09. The number of hydrogen-bond acceptors (Lipinski definition) is 2. The molecule has 1 aromatic carbocycles. The van der Waals surface area contributed by atoms with Crippen molar-refractivity contribution in [3.05, 3.63) is 35.5 Å². The third kappa shape index (κ3) is 0.984. The van der Waals surface area contributed by atoms with Crippen LogP contribution in [0, 0.1) is 13.8 Å². The van der Waals surface area contributed by atoms with E-state index < -0.39 is 0 Å². The minimum atomic E-state index is 1.15. The van der Waals surface area contributed by atoms with Crippen LogP contribution in [0.15, 0.2) is 24.3 Å². The van der Waals surface area contributed by atoms with Gasteiger partial charge in [0.2, 0.25) is 0 Å². The Bertz CT molecular complexity index is 661. The summed E-state index contributed by atoms with van der Waals surface area (Å²) in [6.07, 6.45) is 0. The number of nitrogens with two attached hydrogens (primary N) is 1. The first-order chi connectivity index (χ1) is 7.20. The van der Waals surface area contributed by atoms with Crippen molar-refractivity contribution in [1.82, 2.24) is 4.68 Å². The van der Waals surface area contributed by atoms with E-state index in [1.165, 1.54) is 25.9 Å². The maximum absolute atomic E-state index is 6.07. The normalized spacial score (nSPS) is 11.6. The first kappa shape index (κ1) is 8.80. The van der Waals surface area contributed by atoms with Gasteiger partial charge in [-0.15, -0.1) is 11.3 Å². The molecule has 0 bridgehead atoms. The molecule has 2 N–H and O–H groups in total. The van der Waals surface area contributed by atoms with Crippen LogP contribution in [0.3, 0.4) is 0 Å². The van der Waals surface area contributed by atoms with Crippen LogP contribution in [-0.4, -0.2) is 4.68 Å². The third-order valence-electron chi connectivity index (χ3n) is 3.05. The largest absolute Gasteiger partial charge is 0.339 e. The molecule has 3 heteroatoms. The van der Waals surface area contributed by atoms with E-state index in [0.717, 1.165) is 5.69 Å². The van der Waals surface area contributed by atoms with E-state index in [2.05, 4.69) is 38.1 Å². The fraction of sp³-hybridized carbons (Fsp3) is 0.167. The molecule has 0 radical (unpaired) electrons. The molecule has 0 unspecified atom stereocenters. The van der Waals surface area contributed by atoms with Crippen molar-refractivity contribution in [1.29, 1.82) is 0 Å². The quantitative estimate of drug-likeness (QED) is 0.575. The monoisotopic (exact) mass is 216 g/mol. The van der Waals surface area contributed by atoms with Crippen molar-refractivity contribution in [3.63, 3.8) is 0 Å². The molecule has 0 spiro atoms. The van der Waals surface area contributed by atoms with Crippen LogP contribution < -0.4 is 5.84 Å². The lowest BCUT2D eigenvalue weighted by Gasteiger charge is -1.99. The van der Waals surface area contributed by atoms with Crippen LogP contribution in [0.2, 0.25) is 0 Å². The summed E-state index contributed by atoms with van der Waals surface area (Å²) in [5, 5.41) is 1.26. The summed E-state index contributed by atoms with van der Waals surface area (Å²) in [6, 6.07) is 8.41. The van der Waals surface area contributed by atoms with Gasteiger partial charge in [0, 0.05) is 15.8 Å². The predicted molar refractivity (Wildman–Crippen MR) is 66.9 cm³/mol. The highest BCUT2D eigenvalue weighted by molar-refractivity contribution is 7.26. The van der Waals surface area contributed by atoms with Gasteiger partial charge in [-0.05, 0) is 25.5 Å². The van der Waals surface area contributed by atoms with E-state index in [0.29, 0.717) is 0 Å². The van der Waals surface area contributed by atoms with Crippen LogP contribution in [-0.2, 0) is 0 Å². The molecule has 0 fully saturated rings. The van der Waals surface area contributed by atoms with Gasteiger partial charge >= 0.3 is 0 Å². The Balaban J connectivity index is 2.65. The maximum atomic E-state index is 6.07. The van der Waals surface area contributed by atoms with E-state index in [1.54, 1.807) is 0 Å². The number of benzene rings is 1. The molecule has 0 aliphatic carbocycles. The van der Waals surface area contributed by atoms with Crippen molar-refractivity contribution in [3.8, 4) is 0 Å². The summed E-state index contributed by atoms with van der Waals surface area (Å²) in [4.78, 5) is 0. The molecular formula is C12H12N2S. The highest BCUT2D eigenvalue weighted by atomic mass is 32.1. The number of fused-ring (bicyclic) bond motifs is 3. The second-order valence-electron chi connectivity index (χ2n) is 3.86. The molecule has 0 atom stereocenters. The molecular weight excluding hydrogens is 204 g/mol. The molecule has 0 aliphatic heterocycles. The van der Waals surface area contributed by atoms with E-state index >= 15 is 0 Å². The minimum Gasteiger partial charge on any atom is -0.339 e. The molecule has 0 saturated heterocycles. The highest BCUT2D eigenvalue weighted by Gasteiger charge is 2.14. The van der Waals surface area contributed by atoms with Crippen LogP contribution in [0.4, 0.5) is 0 Å². The number of rotatable bonds is 0. The van der Waals surface area contributed by atoms with Gasteiger partial charge in [0.25, 0.3) is 0 Å². The van der Waals surface area contributed by atoms with E-state index in [-0.39, 0.29) is 0 Å². The van der Waals surface area contributed by atoms with Crippen molar-refractivity contribution >= 4 is 31.6 Å². The molecule has 15 heavy (non-hydrogen) atoms. The Kier molecular flexibility index (Phi) is 1.62. The smallest absolute Gasteiger partial charge is 0.0882 e. The Labute approximate surface area is 91.9 Å². The maximum Gasteiger partial charge on any atom is 0.0882 e. The first-order valence-electron chi connectivity index (χ1n) is 4.94. The SMILES string of the molecule is Cc1c(C)n(N)c2c1sc1ccccc12. The summed E-state index contributed by atoms with van der Waals surface area (Å²) in [7, 11) is 0. The van der Waals surface area contributed by atoms with Gasteiger partial charge < -0.3 is 5.84 Å². The third-order valence-corrected chi connectivity index (χ3v) is 4.33. The number of aryl methyl sites for hydroxylation is 1. The number of thiophene rings is 1. The fourth-order valence-electron chi connectivity index (χ4n) is 2.04. The summed E-state index contributed by atoms with van der Waals surface area (Å²) in [6.45, 7) is 4.20.